The summed E-state index contributed by atoms with van der Waals surface area (Å²) in [6.07, 6.45) is 3.22. The van der Waals surface area contributed by atoms with E-state index in [1.54, 1.807) is 0 Å². The summed E-state index contributed by atoms with van der Waals surface area (Å²) in [6.45, 7) is 2.19. The van der Waals surface area contributed by atoms with Crippen LogP contribution in [0.5, 0.6) is 0 Å². The van der Waals surface area contributed by atoms with Gasteiger partial charge in [-0.25, -0.2) is 0 Å². The van der Waals surface area contributed by atoms with Crippen LogP contribution in [-0.4, -0.2) is 26.8 Å². The first kappa shape index (κ1) is 13.4. The summed E-state index contributed by atoms with van der Waals surface area (Å²) in [5, 5.41) is 7.26. The molecule has 0 aliphatic rings. The van der Waals surface area contributed by atoms with Gasteiger partial charge in [-0.1, -0.05) is 30.3 Å². The molecule has 1 N–H and O–H groups in total. The number of H-pyrrole nitrogens is 1. The van der Waals surface area contributed by atoms with Gasteiger partial charge in [-0.05, 0) is 37.6 Å². The summed E-state index contributed by atoms with van der Waals surface area (Å²) in [7, 11) is 0. The van der Waals surface area contributed by atoms with Crippen molar-refractivity contribution >= 4 is 24.0 Å². The van der Waals surface area contributed by atoms with Crippen LogP contribution in [0.15, 0.2) is 30.3 Å². The van der Waals surface area contributed by atoms with Gasteiger partial charge in [0, 0.05) is 11.6 Å². The minimum atomic E-state index is 0.360. The fourth-order valence-electron chi connectivity index (χ4n) is 1.92. The Labute approximate surface area is 117 Å². The molecule has 1 unspecified atom stereocenters. The van der Waals surface area contributed by atoms with Crippen LogP contribution >= 0.6 is 24.0 Å². The number of benzene rings is 1. The molecular formula is C13H17N3S2. The average molecular weight is 279 g/mol. The van der Waals surface area contributed by atoms with Gasteiger partial charge < -0.3 is 0 Å². The minimum Gasteiger partial charge on any atom is -0.297 e. The maximum atomic E-state index is 5.34. The summed E-state index contributed by atoms with van der Waals surface area (Å²) in [5.74, 6) is 2.05. The van der Waals surface area contributed by atoms with E-state index < -0.39 is 0 Å². The van der Waals surface area contributed by atoms with E-state index in [1.807, 2.05) is 30.0 Å². The molecule has 0 bridgehead atoms. The second kappa shape index (κ2) is 6.20. The second-order valence-corrected chi connectivity index (χ2v) is 5.59. The molecule has 5 heteroatoms. The zero-order valence-electron chi connectivity index (χ0n) is 10.6. The van der Waals surface area contributed by atoms with Gasteiger partial charge in [0.15, 0.2) is 10.6 Å². The Bertz CT molecular complexity index is 545. The number of nitrogens with one attached hydrogen (secondary N) is 1. The van der Waals surface area contributed by atoms with Crippen LogP contribution in [0.25, 0.3) is 11.4 Å². The molecule has 3 nitrogen and oxygen atoms in total. The van der Waals surface area contributed by atoms with E-state index in [1.165, 1.54) is 0 Å². The molecule has 2 aromatic rings. The van der Waals surface area contributed by atoms with Gasteiger partial charge in [-0.15, -0.1) is 0 Å². The predicted octanol–water partition coefficient (Wildman–Crippen LogP) is 3.92. The highest BCUT2D eigenvalue weighted by Gasteiger charge is 2.13. The van der Waals surface area contributed by atoms with Crippen molar-refractivity contribution in [2.75, 3.05) is 12.0 Å². The Morgan fingerprint density at radius 2 is 2.11 bits per heavy atom. The Morgan fingerprint density at radius 3 is 2.78 bits per heavy atom. The molecule has 0 spiro atoms. The average Bonchev–Trinajstić information content (AvgIpc) is 2.79. The number of nitrogens with zero attached hydrogens (tertiary/aromatic N) is 2. The van der Waals surface area contributed by atoms with E-state index in [4.69, 9.17) is 12.2 Å². The molecule has 96 valence electrons. The van der Waals surface area contributed by atoms with Gasteiger partial charge >= 0.3 is 0 Å². The molecule has 0 aliphatic heterocycles. The van der Waals surface area contributed by atoms with E-state index in [9.17, 15) is 0 Å². The summed E-state index contributed by atoms with van der Waals surface area (Å²) >= 11 is 7.19. The summed E-state index contributed by atoms with van der Waals surface area (Å²) in [4.78, 5) is 0. The first-order valence-electron chi connectivity index (χ1n) is 5.95. The fraction of sp³-hybridized carbons (Fsp3) is 0.385. The lowest BCUT2D eigenvalue weighted by Crippen LogP contribution is -2.08. The second-order valence-electron chi connectivity index (χ2n) is 4.22. The molecule has 0 aliphatic carbocycles. The normalized spacial score (nSPS) is 12.6. The van der Waals surface area contributed by atoms with Crippen molar-refractivity contribution in [2.45, 2.75) is 19.4 Å². The van der Waals surface area contributed by atoms with Gasteiger partial charge in [0.2, 0.25) is 0 Å². The van der Waals surface area contributed by atoms with E-state index >= 15 is 0 Å². The summed E-state index contributed by atoms with van der Waals surface area (Å²) < 4.78 is 2.81. The van der Waals surface area contributed by atoms with Crippen molar-refractivity contribution in [3.63, 3.8) is 0 Å². The third kappa shape index (κ3) is 2.84. The third-order valence-corrected chi connectivity index (χ3v) is 3.85. The Morgan fingerprint density at radius 1 is 1.39 bits per heavy atom. The van der Waals surface area contributed by atoms with Gasteiger partial charge in [-0.3, -0.25) is 9.67 Å². The zero-order chi connectivity index (χ0) is 13.0. The molecule has 18 heavy (non-hydrogen) atoms. The van der Waals surface area contributed by atoms with Crippen molar-refractivity contribution in [3.8, 4) is 11.4 Å². The molecule has 1 aromatic heterocycles. The van der Waals surface area contributed by atoms with E-state index in [2.05, 4.69) is 40.1 Å². The topological polar surface area (TPSA) is 33.6 Å². The molecule has 1 heterocycles. The minimum absolute atomic E-state index is 0.360. The largest absolute Gasteiger partial charge is 0.297 e. The van der Waals surface area contributed by atoms with Crippen LogP contribution in [0, 0.1) is 4.77 Å². The fourth-order valence-corrected chi connectivity index (χ4v) is 2.81. The number of aromatic amines is 1. The lowest BCUT2D eigenvalue weighted by molar-refractivity contribution is 0.532. The van der Waals surface area contributed by atoms with E-state index in [-0.39, 0.29) is 0 Å². The van der Waals surface area contributed by atoms with Crippen LogP contribution in [-0.2, 0) is 0 Å². The highest BCUT2D eigenvalue weighted by Crippen LogP contribution is 2.23. The van der Waals surface area contributed by atoms with Gasteiger partial charge in [0.05, 0.1) is 0 Å². The lowest BCUT2D eigenvalue weighted by Gasteiger charge is -2.15. The van der Waals surface area contributed by atoms with Crippen LogP contribution < -0.4 is 0 Å². The molecule has 0 saturated heterocycles. The van der Waals surface area contributed by atoms with Gasteiger partial charge in [0.25, 0.3) is 0 Å². The Kier molecular flexibility index (Phi) is 4.60. The maximum absolute atomic E-state index is 5.34. The van der Waals surface area contributed by atoms with Crippen molar-refractivity contribution in [2.24, 2.45) is 0 Å². The van der Waals surface area contributed by atoms with Crippen molar-refractivity contribution in [1.29, 1.82) is 0 Å². The van der Waals surface area contributed by atoms with E-state index in [0.717, 1.165) is 23.6 Å². The highest BCUT2D eigenvalue weighted by atomic mass is 32.2. The van der Waals surface area contributed by atoms with Crippen molar-refractivity contribution < 1.29 is 0 Å². The SMILES string of the molecule is CSCCC(C)n1c(-c2ccccc2)n[nH]c1=S. The monoisotopic (exact) mass is 279 g/mol. The highest BCUT2D eigenvalue weighted by molar-refractivity contribution is 7.98. The van der Waals surface area contributed by atoms with Gasteiger partial charge in [-0.2, -0.15) is 16.9 Å². The number of aromatic nitrogens is 3. The maximum Gasteiger partial charge on any atom is 0.195 e. The van der Waals surface area contributed by atoms with Crippen LogP contribution in [0.4, 0.5) is 0 Å². The zero-order valence-corrected chi connectivity index (χ0v) is 12.2. The number of hydrogen-bond acceptors (Lipinski definition) is 3. The van der Waals surface area contributed by atoms with E-state index in [0.29, 0.717) is 10.8 Å². The molecule has 0 radical (unpaired) electrons. The molecule has 0 saturated carbocycles. The molecule has 1 atom stereocenters. The quantitative estimate of drug-likeness (QED) is 0.842. The van der Waals surface area contributed by atoms with Crippen molar-refractivity contribution in [1.82, 2.24) is 14.8 Å². The summed E-state index contributed by atoms with van der Waals surface area (Å²) in [6, 6.07) is 10.5. The number of rotatable bonds is 5. The predicted molar refractivity (Wildman–Crippen MR) is 80.6 cm³/mol. The Balaban J connectivity index is 2.36. The van der Waals surface area contributed by atoms with Crippen LogP contribution in [0.2, 0.25) is 0 Å². The number of hydrogen-bond donors (Lipinski definition) is 1. The smallest absolute Gasteiger partial charge is 0.195 e. The first-order chi connectivity index (χ1) is 8.74. The first-order valence-corrected chi connectivity index (χ1v) is 7.75. The third-order valence-electron chi connectivity index (χ3n) is 2.92. The molecular weight excluding hydrogens is 262 g/mol. The molecule has 2 rings (SSSR count). The number of thioether (sulfide) groups is 1. The van der Waals surface area contributed by atoms with Crippen molar-refractivity contribution in [3.05, 3.63) is 35.1 Å². The molecule has 1 aromatic carbocycles. The van der Waals surface area contributed by atoms with Crippen LogP contribution in [0.3, 0.4) is 0 Å². The lowest BCUT2D eigenvalue weighted by atomic mass is 10.2. The van der Waals surface area contributed by atoms with Crippen LogP contribution in [0.1, 0.15) is 19.4 Å². The Hall–Kier alpha value is -1.07. The summed E-state index contributed by atoms with van der Waals surface area (Å²) in [5.41, 5.74) is 1.10. The standard InChI is InChI=1S/C13H17N3S2/c1-10(8-9-18-2)16-12(14-15-13(16)17)11-6-4-3-5-7-11/h3-7,10H,8-9H2,1-2H3,(H,15,17). The molecule has 0 fully saturated rings. The molecule has 0 amide bonds. The van der Waals surface area contributed by atoms with Gasteiger partial charge in [0.1, 0.15) is 0 Å².